The minimum Gasteiger partial charge on any atom is -0.357 e. The molecule has 0 spiro atoms. The predicted molar refractivity (Wildman–Crippen MR) is 112 cm³/mol. The molecule has 1 fully saturated rings. The monoisotopic (exact) mass is 464 g/mol. The summed E-state index contributed by atoms with van der Waals surface area (Å²) in [5.41, 5.74) is 0. The van der Waals surface area contributed by atoms with Gasteiger partial charge in [-0.15, -0.1) is 35.3 Å². The second kappa shape index (κ2) is 11.7. The molecule has 0 bridgehead atoms. The number of nitrogens with one attached hydrogen (secondary N) is 3. The number of aryl methyl sites for hydroxylation is 1. The van der Waals surface area contributed by atoms with Crippen molar-refractivity contribution in [3.63, 3.8) is 0 Å². The molecule has 1 heterocycles. The Morgan fingerprint density at radius 1 is 1.25 bits per heavy atom. The Kier molecular flexibility index (Phi) is 10.3. The zero-order chi connectivity index (χ0) is 16.5. The number of carbonyl (C=O) groups excluding carboxylic acids is 1. The van der Waals surface area contributed by atoms with Gasteiger partial charge >= 0.3 is 0 Å². The van der Waals surface area contributed by atoms with Crippen LogP contribution < -0.4 is 16.0 Å². The first-order chi connectivity index (χ1) is 11.2. The number of amides is 1. The van der Waals surface area contributed by atoms with Gasteiger partial charge in [0, 0.05) is 22.3 Å². The van der Waals surface area contributed by atoms with Gasteiger partial charge in [-0.1, -0.05) is 19.3 Å². The van der Waals surface area contributed by atoms with Gasteiger partial charge in [-0.25, -0.2) is 4.99 Å². The highest BCUT2D eigenvalue weighted by Crippen LogP contribution is 2.17. The third-order valence-corrected chi connectivity index (χ3v) is 4.92. The van der Waals surface area contributed by atoms with Crippen molar-refractivity contribution >= 4 is 47.2 Å². The molecule has 1 aliphatic carbocycles. The maximum atomic E-state index is 12.0. The van der Waals surface area contributed by atoms with Crippen LogP contribution in [0.4, 0.5) is 0 Å². The van der Waals surface area contributed by atoms with Crippen LogP contribution in [0.15, 0.2) is 17.1 Å². The van der Waals surface area contributed by atoms with Gasteiger partial charge in [0.1, 0.15) is 6.54 Å². The lowest BCUT2D eigenvalue weighted by Gasteiger charge is -2.22. The van der Waals surface area contributed by atoms with Crippen molar-refractivity contribution in [3.8, 4) is 0 Å². The highest BCUT2D eigenvalue weighted by atomic mass is 127. The van der Waals surface area contributed by atoms with E-state index in [0.29, 0.717) is 12.0 Å². The Balaban J connectivity index is 0.00000288. The lowest BCUT2D eigenvalue weighted by atomic mass is 9.95. The summed E-state index contributed by atoms with van der Waals surface area (Å²) < 4.78 is 0. The smallest absolute Gasteiger partial charge is 0.242 e. The fraction of sp³-hybridized carbons (Fsp3) is 0.647. The SMILES string of the molecule is CCNC(=NCC(=O)NC1CCCCC1)NCc1ccc(C)s1.I. The average molecular weight is 464 g/mol. The van der Waals surface area contributed by atoms with Gasteiger partial charge < -0.3 is 16.0 Å². The second-order valence-electron chi connectivity index (χ2n) is 5.96. The lowest BCUT2D eigenvalue weighted by Crippen LogP contribution is -2.40. The number of thiophene rings is 1. The Bertz CT molecular complexity index is 526. The Morgan fingerprint density at radius 2 is 2.00 bits per heavy atom. The molecule has 2 rings (SSSR count). The third kappa shape index (κ3) is 7.83. The van der Waals surface area contributed by atoms with Crippen molar-refractivity contribution in [3.05, 3.63) is 21.9 Å². The first kappa shape index (κ1) is 21.2. The van der Waals surface area contributed by atoms with E-state index in [1.165, 1.54) is 29.0 Å². The molecule has 1 aliphatic rings. The summed E-state index contributed by atoms with van der Waals surface area (Å²) in [5, 5.41) is 9.55. The van der Waals surface area contributed by atoms with Crippen molar-refractivity contribution in [1.29, 1.82) is 0 Å². The van der Waals surface area contributed by atoms with Gasteiger partial charge in [0.05, 0.1) is 6.54 Å². The van der Waals surface area contributed by atoms with E-state index >= 15 is 0 Å². The quantitative estimate of drug-likeness (QED) is 0.344. The highest BCUT2D eigenvalue weighted by Gasteiger charge is 2.15. The maximum absolute atomic E-state index is 12.0. The molecule has 0 aromatic carbocycles. The van der Waals surface area contributed by atoms with E-state index in [1.54, 1.807) is 11.3 Å². The maximum Gasteiger partial charge on any atom is 0.242 e. The molecule has 1 saturated carbocycles. The second-order valence-corrected chi connectivity index (χ2v) is 7.34. The predicted octanol–water partition coefficient (Wildman–Crippen LogP) is 3.18. The standard InChI is InChI=1S/C17H28N4OS.HI/c1-3-18-17(19-11-15-10-9-13(2)23-15)20-12-16(22)21-14-7-5-4-6-8-14;/h9-10,14H,3-8,11-12H2,1-2H3,(H,21,22)(H2,18,19,20);1H. The lowest BCUT2D eigenvalue weighted by molar-refractivity contribution is -0.120. The van der Waals surface area contributed by atoms with Gasteiger partial charge in [0.2, 0.25) is 5.91 Å². The minimum atomic E-state index is 0. The van der Waals surface area contributed by atoms with E-state index < -0.39 is 0 Å². The molecular formula is C17H29IN4OS. The van der Waals surface area contributed by atoms with Crippen LogP contribution in [0.2, 0.25) is 0 Å². The number of hydrogen-bond acceptors (Lipinski definition) is 3. The Hall–Kier alpha value is -0.830. The van der Waals surface area contributed by atoms with Crippen molar-refractivity contribution in [2.24, 2.45) is 4.99 Å². The van der Waals surface area contributed by atoms with E-state index in [0.717, 1.165) is 25.9 Å². The summed E-state index contributed by atoms with van der Waals surface area (Å²) >= 11 is 1.77. The summed E-state index contributed by atoms with van der Waals surface area (Å²) in [6.07, 6.45) is 5.94. The number of guanidine groups is 1. The van der Waals surface area contributed by atoms with Crippen LogP contribution in [0.1, 0.15) is 48.8 Å². The summed E-state index contributed by atoms with van der Waals surface area (Å²) in [5.74, 6) is 0.707. The fourth-order valence-electron chi connectivity index (χ4n) is 2.76. The average Bonchev–Trinajstić information content (AvgIpc) is 2.96. The van der Waals surface area contributed by atoms with Crippen LogP contribution in [-0.4, -0.2) is 31.0 Å². The van der Waals surface area contributed by atoms with Gasteiger partial charge in [-0.3, -0.25) is 4.79 Å². The highest BCUT2D eigenvalue weighted by molar-refractivity contribution is 14.0. The fourth-order valence-corrected chi connectivity index (χ4v) is 3.59. The van der Waals surface area contributed by atoms with Crippen LogP contribution >= 0.6 is 35.3 Å². The summed E-state index contributed by atoms with van der Waals surface area (Å²) in [6.45, 7) is 5.81. The zero-order valence-corrected chi connectivity index (χ0v) is 17.7. The molecular weight excluding hydrogens is 435 g/mol. The van der Waals surface area contributed by atoms with Gasteiger partial charge in [-0.05, 0) is 38.8 Å². The van der Waals surface area contributed by atoms with Crippen molar-refractivity contribution in [2.75, 3.05) is 13.1 Å². The first-order valence-electron chi connectivity index (χ1n) is 8.54. The normalized spacial score (nSPS) is 15.5. The number of nitrogens with zero attached hydrogens (tertiary/aromatic N) is 1. The molecule has 1 amide bonds. The molecule has 136 valence electrons. The number of halogens is 1. The van der Waals surface area contributed by atoms with E-state index in [4.69, 9.17) is 0 Å². The van der Waals surface area contributed by atoms with Crippen LogP contribution in [0.3, 0.4) is 0 Å². The Labute approximate surface area is 166 Å². The molecule has 3 N–H and O–H groups in total. The number of hydrogen-bond donors (Lipinski definition) is 3. The minimum absolute atomic E-state index is 0. The van der Waals surface area contributed by atoms with E-state index in [2.05, 4.69) is 40.0 Å². The van der Waals surface area contributed by atoms with Crippen molar-refractivity contribution in [2.45, 2.75) is 58.5 Å². The van der Waals surface area contributed by atoms with Gasteiger partial charge in [0.25, 0.3) is 0 Å². The molecule has 0 aliphatic heterocycles. The largest absolute Gasteiger partial charge is 0.357 e. The van der Waals surface area contributed by atoms with Crippen LogP contribution in [0, 0.1) is 6.92 Å². The van der Waals surface area contributed by atoms with Gasteiger partial charge in [-0.2, -0.15) is 0 Å². The zero-order valence-electron chi connectivity index (χ0n) is 14.6. The van der Waals surface area contributed by atoms with E-state index in [-0.39, 0.29) is 36.4 Å². The Morgan fingerprint density at radius 3 is 2.62 bits per heavy atom. The van der Waals surface area contributed by atoms with Gasteiger partial charge in [0.15, 0.2) is 5.96 Å². The topological polar surface area (TPSA) is 65.5 Å². The molecule has 5 nitrogen and oxygen atoms in total. The number of aliphatic imine (C=N–C) groups is 1. The molecule has 1 aromatic rings. The molecule has 0 radical (unpaired) electrons. The summed E-state index contributed by atoms with van der Waals surface area (Å²) in [7, 11) is 0. The van der Waals surface area contributed by atoms with Crippen molar-refractivity contribution in [1.82, 2.24) is 16.0 Å². The molecule has 1 aromatic heterocycles. The summed E-state index contributed by atoms with van der Waals surface area (Å²) in [4.78, 5) is 19.0. The molecule has 24 heavy (non-hydrogen) atoms. The molecule has 7 heteroatoms. The van der Waals surface area contributed by atoms with E-state index in [1.807, 2.05) is 6.92 Å². The van der Waals surface area contributed by atoms with Crippen molar-refractivity contribution < 1.29 is 4.79 Å². The van der Waals surface area contributed by atoms with Crippen LogP contribution in [-0.2, 0) is 11.3 Å². The molecule has 0 saturated heterocycles. The number of carbonyl (C=O) groups is 1. The summed E-state index contributed by atoms with van der Waals surface area (Å²) in [6, 6.07) is 4.58. The molecule has 0 unspecified atom stereocenters. The first-order valence-corrected chi connectivity index (χ1v) is 9.36. The van der Waals surface area contributed by atoms with Crippen LogP contribution in [0.5, 0.6) is 0 Å². The van der Waals surface area contributed by atoms with E-state index in [9.17, 15) is 4.79 Å². The number of rotatable bonds is 6. The van der Waals surface area contributed by atoms with Crippen LogP contribution in [0.25, 0.3) is 0 Å². The molecule has 0 atom stereocenters. The third-order valence-electron chi connectivity index (χ3n) is 3.92.